The Bertz CT molecular complexity index is 496. The molecule has 1 aromatic rings. The minimum Gasteiger partial charge on any atom is -0.369 e. The fourth-order valence-corrected chi connectivity index (χ4v) is 3.29. The molecule has 0 spiro atoms. The Labute approximate surface area is 123 Å². The van der Waals surface area contributed by atoms with Crippen LogP contribution < -0.4 is 5.73 Å². The van der Waals surface area contributed by atoms with Crippen LogP contribution in [0.15, 0.2) is 29.2 Å². The summed E-state index contributed by atoms with van der Waals surface area (Å²) in [7, 11) is 0. The normalized spacial score (nSPS) is 16.1. The smallest absolute Gasteiger partial charge is 0.232 e. The van der Waals surface area contributed by atoms with Gasteiger partial charge in [0.05, 0.1) is 5.75 Å². The van der Waals surface area contributed by atoms with Gasteiger partial charge in [-0.2, -0.15) is 0 Å². The number of carbonyl (C=O) groups is 2. The first-order valence-corrected chi connectivity index (χ1v) is 7.82. The number of nitrogens with two attached hydrogens (primary N) is 1. The Morgan fingerprint density at radius 1 is 1.30 bits per heavy atom. The lowest BCUT2D eigenvalue weighted by Crippen LogP contribution is -2.42. The zero-order chi connectivity index (χ0) is 14.5. The average molecular weight is 292 g/mol. The van der Waals surface area contributed by atoms with Crippen molar-refractivity contribution < 1.29 is 9.59 Å². The van der Waals surface area contributed by atoms with Crippen molar-refractivity contribution in [1.29, 1.82) is 0 Å². The van der Waals surface area contributed by atoms with Crippen LogP contribution in [0.25, 0.3) is 0 Å². The van der Waals surface area contributed by atoms with Gasteiger partial charge in [-0.15, -0.1) is 11.8 Å². The molecule has 0 saturated carbocycles. The van der Waals surface area contributed by atoms with Crippen molar-refractivity contribution >= 4 is 23.6 Å². The Morgan fingerprint density at radius 3 is 2.55 bits per heavy atom. The van der Waals surface area contributed by atoms with E-state index in [9.17, 15) is 9.59 Å². The Kier molecular flexibility index (Phi) is 5.06. The number of amides is 2. The van der Waals surface area contributed by atoms with Gasteiger partial charge in [-0.1, -0.05) is 18.2 Å². The number of hydrogen-bond donors (Lipinski definition) is 1. The Balaban J connectivity index is 1.82. The summed E-state index contributed by atoms with van der Waals surface area (Å²) in [6.45, 7) is 3.33. The molecule has 0 unspecified atom stereocenters. The molecule has 0 bridgehead atoms. The topological polar surface area (TPSA) is 63.4 Å². The van der Waals surface area contributed by atoms with Gasteiger partial charge in [-0.05, 0) is 31.4 Å². The Hall–Kier alpha value is -1.49. The van der Waals surface area contributed by atoms with Gasteiger partial charge in [0.2, 0.25) is 11.8 Å². The third kappa shape index (κ3) is 3.76. The molecule has 1 aliphatic heterocycles. The fourth-order valence-electron chi connectivity index (χ4n) is 2.36. The molecule has 5 heteroatoms. The number of likely N-dealkylation sites (tertiary alicyclic amines) is 1. The summed E-state index contributed by atoms with van der Waals surface area (Å²) in [5.41, 5.74) is 6.49. The third-order valence-electron chi connectivity index (χ3n) is 3.69. The van der Waals surface area contributed by atoms with E-state index in [1.54, 1.807) is 11.8 Å². The first kappa shape index (κ1) is 14.9. The molecule has 0 atom stereocenters. The van der Waals surface area contributed by atoms with Gasteiger partial charge in [0, 0.05) is 23.9 Å². The molecular formula is C15H20N2O2S. The highest BCUT2D eigenvalue weighted by atomic mass is 32.2. The Morgan fingerprint density at radius 2 is 1.95 bits per heavy atom. The SMILES string of the molecule is Cc1ccccc1SCC(=O)N1CCC(C(N)=O)CC1. The minimum absolute atomic E-state index is 0.0666. The van der Waals surface area contributed by atoms with Crippen LogP contribution in [0.3, 0.4) is 0 Å². The van der Waals surface area contributed by atoms with Crippen molar-refractivity contribution in [1.82, 2.24) is 4.90 Å². The van der Waals surface area contributed by atoms with E-state index in [0.29, 0.717) is 31.7 Å². The van der Waals surface area contributed by atoms with Crippen molar-refractivity contribution in [2.24, 2.45) is 11.7 Å². The average Bonchev–Trinajstić information content (AvgIpc) is 2.46. The molecule has 108 valence electrons. The van der Waals surface area contributed by atoms with Gasteiger partial charge in [0.25, 0.3) is 0 Å². The third-order valence-corrected chi connectivity index (χ3v) is 4.86. The number of carbonyl (C=O) groups excluding carboxylic acids is 2. The van der Waals surface area contributed by atoms with E-state index in [0.717, 1.165) is 4.90 Å². The van der Waals surface area contributed by atoms with Crippen molar-refractivity contribution in [3.05, 3.63) is 29.8 Å². The van der Waals surface area contributed by atoms with Crippen LogP contribution in [0.5, 0.6) is 0 Å². The molecule has 0 aliphatic carbocycles. The van der Waals surface area contributed by atoms with Crippen molar-refractivity contribution in [2.45, 2.75) is 24.7 Å². The summed E-state index contributed by atoms with van der Waals surface area (Å²) in [5, 5.41) is 0. The van der Waals surface area contributed by atoms with E-state index in [-0.39, 0.29) is 17.7 Å². The zero-order valence-electron chi connectivity index (χ0n) is 11.7. The molecule has 2 rings (SSSR count). The predicted molar refractivity (Wildman–Crippen MR) is 80.4 cm³/mol. The van der Waals surface area contributed by atoms with Crippen LogP contribution in [0.4, 0.5) is 0 Å². The molecule has 1 heterocycles. The number of thioether (sulfide) groups is 1. The largest absolute Gasteiger partial charge is 0.369 e. The van der Waals surface area contributed by atoms with Crippen LogP contribution in [-0.4, -0.2) is 35.6 Å². The van der Waals surface area contributed by atoms with Crippen LogP contribution in [0, 0.1) is 12.8 Å². The van der Waals surface area contributed by atoms with Gasteiger partial charge in [-0.25, -0.2) is 0 Å². The van der Waals surface area contributed by atoms with E-state index >= 15 is 0 Å². The lowest BCUT2D eigenvalue weighted by molar-refractivity contribution is -0.132. The number of primary amides is 1. The first-order chi connectivity index (χ1) is 9.58. The molecule has 1 aliphatic rings. The molecular weight excluding hydrogens is 272 g/mol. The van der Waals surface area contributed by atoms with Crippen molar-refractivity contribution in [2.75, 3.05) is 18.8 Å². The standard InChI is InChI=1S/C15H20N2O2S/c1-11-4-2-3-5-13(11)20-10-14(18)17-8-6-12(7-9-17)15(16)19/h2-5,12H,6-10H2,1H3,(H2,16,19). The molecule has 1 aromatic carbocycles. The van der Waals surface area contributed by atoms with Crippen LogP contribution in [0.1, 0.15) is 18.4 Å². The minimum atomic E-state index is -0.244. The van der Waals surface area contributed by atoms with Gasteiger partial charge in [0.1, 0.15) is 0 Å². The summed E-state index contributed by atoms with van der Waals surface area (Å²) < 4.78 is 0. The van der Waals surface area contributed by atoms with Crippen LogP contribution in [0.2, 0.25) is 0 Å². The molecule has 1 saturated heterocycles. The molecule has 0 radical (unpaired) electrons. The van der Waals surface area contributed by atoms with E-state index in [2.05, 4.69) is 0 Å². The maximum absolute atomic E-state index is 12.1. The number of aryl methyl sites for hydroxylation is 1. The van der Waals surface area contributed by atoms with Crippen LogP contribution in [-0.2, 0) is 9.59 Å². The maximum atomic E-state index is 12.1. The second kappa shape index (κ2) is 6.79. The van der Waals surface area contributed by atoms with Gasteiger partial charge in [0.15, 0.2) is 0 Å². The summed E-state index contributed by atoms with van der Waals surface area (Å²) in [4.78, 5) is 26.2. The molecule has 0 aromatic heterocycles. The van der Waals surface area contributed by atoms with Crippen LogP contribution >= 0.6 is 11.8 Å². The number of nitrogens with zero attached hydrogens (tertiary/aromatic N) is 1. The number of hydrogen-bond acceptors (Lipinski definition) is 3. The number of benzene rings is 1. The summed E-state index contributed by atoms with van der Waals surface area (Å²) in [6, 6.07) is 8.06. The predicted octanol–water partition coefficient (Wildman–Crippen LogP) is 1.81. The second-order valence-corrected chi connectivity index (χ2v) is 6.13. The van der Waals surface area contributed by atoms with E-state index < -0.39 is 0 Å². The van der Waals surface area contributed by atoms with Crippen molar-refractivity contribution in [3.8, 4) is 0 Å². The zero-order valence-corrected chi connectivity index (χ0v) is 12.5. The highest BCUT2D eigenvalue weighted by Crippen LogP contribution is 2.23. The molecule has 4 nitrogen and oxygen atoms in total. The fraction of sp³-hybridized carbons (Fsp3) is 0.467. The quantitative estimate of drug-likeness (QED) is 0.861. The number of piperidine rings is 1. The van der Waals surface area contributed by atoms with E-state index in [1.807, 2.05) is 36.1 Å². The van der Waals surface area contributed by atoms with Crippen molar-refractivity contribution in [3.63, 3.8) is 0 Å². The van der Waals surface area contributed by atoms with E-state index in [4.69, 9.17) is 5.73 Å². The molecule has 2 amide bonds. The first-order valence-electron chi connectivity index (χ1n) is 6.83. The lowest BCUT2D eigenvalue weighted by atomic mass is 9.96. The lowest BCUT2D eigenvalue weighted by Gasteiger charge is -2.30. The second-order valence-electron chi connectivity index (χ2n) is 5.11. The van der Waals surface area contributed by atoms with E-state index in [1.165, 1.54) is 5.56 Å². The number of rotatable bonds is 4. The molecule has 20 heavy (non-hydrogen) atoms. The maximum Gasteiger partial charge on any atom is 0.232 e. The highest BCUT2D eigenvalue weighted by molar-refractivity contribution is 8.00. The monoisotopic (exact) mass is 292 g/mol. The van der Waals surface area contributed by atoms with Gasteiger partial charge >= 0.3 is 0 Å². The van der Waals surface area contributed by atoms with Gasteiger partial charge < -0.3 is 10.6 Å². The van der Waals surface area contributed by atoms with Gasteiger partial charge in [-0.3, -0.25) is 9.59 Å². The molecule has 2 N–H and O–H groups in total. The summed E-state index contributed by atoms with van der Waals surface area (Å²) in [5.74, 6) is 0.280. The highest BCUT2D eigenvalue weighted by Gasteiger charge is 2.25. The summed E-state index contributed by atoms with van der Waals surface area (Å²) >= 11 is 1.57. The molecule has 1 fully saturated rings. The summed E-state index contributed by atoms with van der Waals surface area (Å²) in [6.07, 6.45) is 1.38.